The van der Waals surface area contributed by atoms with Crippen molar-refractivity contribution in [3.8, 4) is 0 Å². The van der Waals surface area contributed by atoms with Crippen LogP contribution in [0, 0.1) is 13.8 Å². The first-order valence-corrected chi connectivity index (χ1v) is 8.55. The quantitative estimate of drug-likeness (QED) is 0.655. The van der Waals surface area contributed by atoms with E-state index in [9.17, 15) is 4.79 Å². The number of hydrogen-bond donors (Lipinski definition) is 1. The van der Waals surface area contributed by atoms with Crippen molar-refractivity contribution in [2.75, 3.05) is 19.3 Å². The second kappa shape index (κ2) is 8.10. The third-order valence-electron chi connectivity index (χ3n) is 3.66. The molecule has 1 atom stereocenters. The summed E-state index contributed by atoms with van der Waals surface area (Å²) in [5.41, 5.74) is 6.80. The van der Waals surface area contributed by atoms with E-state index in [1.54, 1.807) is 29.6 Å². The predicted molar refractivity (Wildman–Crippen MR) is 96.1 cm³/mol. The van der Waals surface area contributed by atoms with Crippen LogP contribution in [0.3, 0.4) is 0 Å². The Morgan fingerprint density at radius 1 is 1.45 bits per heavy atom. The zero-order valence-electron chi connectivity index (χ0n) is 13.1. The lowest BCUT2D eigenvalue weighted by molar-refractivity contribution is -0.128. The topological polar surface area (TPSA) is 72.1 Å². The SMILES string of the molecule is Cc1sc2ncnc(SCC(=O)N(C)C(C)CN)c2c1C.Cl. The van der Waals surface area contributed by atoms with E-state index in [1.165, 1.54) is 22.2 Å². The number of halogens is 1. The van der Waals surface area contributed by atoms with Crippen molar-refractivity contribution in [3.63, 3.8) is 0 Å². The van der Waals surface area contributed by atoms with Gasteiger partial charge >= 0.3 is 0 Å². The summed E-state index contributed by atoms with van der Waals surface area (Å²) in [6, 6.07) is 0.0497. The van der Waals surface area contributed by atoms with Gasteiger partial charge in [-0.3, -0.25) is 4.79 Å². The maximum atomic E-state index is 12.2. The van der Waals surface area contributed by atoms with E-state index >= 15 is 0 Å². The molecule has 0 saturated carbocycles. The Morgan fingerprint density at radius 3 is 2.77 bits per heavy atom. The second-order valence-corrected chi connectivity index (χ2v) is 7.19. The number of aromatic nitrogens is 2. The fourth-order valence-electron chi connectivity index (χ4n) is 1.90. The van der Waals surface area contributed by atoms with Crippen molar-refractivity contribution in [2.24, 2.45) is 5.73 Å². The molecule has 0 fully saturated rings. The molecule has 5 nitrogen and oxygen atoms in total. The molecule has 2 aromatic heterocycles. The molecule has 8 heteroatoms. The summed E-state index contributed by atoms with van der Waals surface area (Å²) in [5.74, 6) is 0.427. The minimum atomic E-state index is 0. The van der Waals surface area contributed by atoms with Crippen LogP contribution in [0.15, 0.2) is 11.4 Å². The second-order valence-electron chi connectivity index (χ2n) is 5.02. The number of thioether (sulfide) groups is 1. The Morgan fingerprint density at radius 2 is 2.14 bits per heavy atom. The fourth-order valence-corrected chi connectivity index (χ4v) is 3.94. The molecule has 2 aromatic rings. The lowest BCUT2D eigenvalue weighted by Crippen LogP contribution is -2.40. The van der Waals surface area contributed by atoms with Crippen LogP contribution in [0.5, 0.6) is 0 Å². The van der Waals surface area contributed by atoms with Crippen LogP contribution < -0.4 is 5.73 Å². The van der Waals surface area contributed by atoms with E-state index in [4.69, 9.17) is 5.73 Å². The van der Waals surface area contributed by atoms with E-state index in [0.29, 0.717) is 12.3 Å². The van der Waals surface area contributed by atoms with Crippen molar-refractivity contribution in [3.05, 3.63) is 16.8 Å². The molecule has 1 unspecified atom stereocenters. The molecule has 0 bridgehead atoms. The third-order valence-corrected chi connectivity index (χ3v) is 5.75. The van der Waals surface area contributed by atoms with Crippen LogP contribution in [0.4, 0.5) is 0 Å². The predicted octanol–water partition coefficient (Wildman–Crippen LogP) is 2.63. The smallest absolute Gasteiger partial charge is 0.233 e. The number of aryl methyl sites for hydroxylation is 2. The number of fused-ring (bicyclic) bond motifs is 1. The number of thiophene rings is 1. The highest BCUT2D eigenvalue weighted by molar-refractivity contribution is 8.00. The summed E-state index contributed by atoms with van der Waals surface area (Å²) >= 11 is 3.13. The van der Waals surface area contributed by atoms with Crippen molar-refractivity contribution >= 4 is 51.6 Å². The summed E-state index contributed by atoms with van der Waals surface area (Å²) in [7, 11) is 1.79. The lowest BCUT2D eigenvalue weighted by Gasteiger charge is -2.23. The van der Waals surface area contributed by atoms with Crippen molar-refractivity contribution in [1.29, 1.82) is 0 Å². The van der Waals surface area contributed by atoms with Gasteiger partial charge in [0.15, 0.2) is 0 Å². The van der Waals surface area contributed by atoms with Crippen LogP contribution in [0.25, 0.3) is 10.2 Å². The van der Waals surface area contributed by atoms with Gasteiger partial charge in [0, 0.05) is 29.9 Å². The Labute approximate surface area is 145 Å². The van der Waals surface area contributed by atoms with Gasteiger partial charge in [-0.1, -0.05) is 11.8 Å². The number of carbonyl (C=O) groups is 1. The molecule has 2 rings (SSSR count). The largest absolute Gasteiger partial charge is 0.341 e. The Bertz CT molecular complexity index is 662. The van der Waals surface area contributed by atoms with E-state index in [-0.39, 0.29) is 24.4 Å². The molecule has 0 aliphatic carbocycles. The minimum Gasteiger partial charge on any atom is -0.341 e. The highest BCUT2D eigenvalue weighted by Crippen LogP contribution is 2.34. The number of carbonyl (C=O) groups excluding carboxylic acids is 1. The average Bonchev–Trinajstić information content (AvgIpc) is 2.78. The Kier molecular flexibility index (Phi) is 7.05. The molecule has 0 spiro atoms. The van der Waals surface area contributed by atoms with E-state index < -0.39 is 0 Å². The molecular formula is C14H21ClN4OS2. The molecule has 0 aromatic carbocycles. The first-order chi connectivity index (χ1) is 9.95. The molecule has 0 saturated heterocycles. The zero-order chi connectivity index (χ0) is 15.6. The van der Waals surface area contributed by atoms with Gasteiger partial charge < -0.3 is 10.6 Å². The van der Waals surface area contributed by atoms with Crippen LogP contribution in [0.1, 0.15) is 17.4 Å². The van der Waals surface area contributed by atoms with Crippen LogP contribution in [0.2, 0.25) is 0 Å². The van der Waals surface area contributed by atoms with Gasteiger partial charge in [-0.15, -0.1) is 23.7 Å². The zero-order valence-corrected chi connectivity index (χ0v) is 15.6. The molecule has 122 valence electrons. The number of likely N-dealkylation sites (N-methyl/N-ethyl adjacent to an activating group) is 1. The van der Waals surface area contributed by atoms with Gasteiger partial charge in [-0.05, 0) is 26.3 Å². The number of nitrogens with zero attached hydrogens (tertiary/aromatic N) is 3. The lowest BCUT2D eigenvalue weighted by atomic mass is 10.2. The third kappa shape index (κ3) is 3.90. The maximum absolute atomic E-state index is 12.2. The number of rotatable bonds is 5. The Hall–Kier alpha value is -0.890. The Balaban J connectivity index is 0.00000242. The van der Waals surface area contributed by atoms with E-state index in [1.807, 2.05) is 6.92 Å². The summed E-state index contributed by atoms with van der Waals surface area (Å²) in [4.78, 5) is 24.7. The van der Waals surface area contributed by atoms with Gasteiger partial charge in [-0.25, -0.2) is 9.97 Å². The van der Waals surface area contributed by atoms with Crippen molar-refractivity contribution in [2.45, 2.75) is 31.8 Å². The molecule has 2 N–H and O–H groups in total. The van der Waals surface area contributed by atoms with Crippen molar-refractivity contribution in [1.82, 2.24) is 14.9 Å². The summed E-state index contributed by atoms with van der Waals surface area (Å²) in [6.07, 6.45) is 1.57. The summed E-state index contributed by atoms with van der Waals surface area (Å²) in [6.45, 7) is 6.56. The molecular weight excluding hydrogens is 340 g/mol. The molecule has 0 radical (unpaired) electrons. The molecule has 2 heterocycles. The van der Waals surface area contributed by atoms with Gasteiger partial charge in [0.05, 0.1) is 5.75 Å². The molecule has 0 aliphatic heterocycles. The number of nitrogens with two attached hydrogens (primary N) is 1. The van der Waals surface area contributed by atoms with Crippen molar-refractivity contribution < 1.29 is 4.79 Å². The average molecular weight is 361 g/mol. The van der Waals surface area contributed by atoms with Crippen LogP contribution in [-0.2, 0) is 4.79 Å². The van der Waals surface area contributed by atoms with Gasteiger partial charge in [-0.2, -0.15) is 0 Å². The highest BCUT2D eigenvalue weighted by atomic mass is 35.5. The fraction of sp³-hybridized carbons (Fsp3) is 0.500. The monoisotopic (exact) mass is 360 g/mol. The van der Waals surface area contributed by atoms with E-state index in [0.717, 1.165) is 15.2 Å². The first-order valence-electron chi connectivity index (χ1n) is 6.75. The first kappa shape index (κ1) is 19.2. The minimum absolute atomic E-state index is 0. The maximum Gasteiger partial charge on any atom is 0.233 e. The van der Waals surface area contributed by atoms with E-state index in [2.05, 4.69) is 23.8 Å². The molecule has 22 heavy (non-hydrogen) atoms. The van der Waals surface area contributed by atoms with Gasteiger partial charge in [0.2, 0.25) is 5.91 Å². The van der Waals surface area contributed by atoms with Gasteiger partial charge in [0.1, 0.15) is 16.2 Å². The number of hydrogen-bond acceptors (Lipinski definition) is 6. The summed E-state index contributed by atoms with van der Waals surface area (Å²) < 4.78 is 0. The van der Waals surface area contributed by atoms with Crippen LogP contribution >= 0.6 is 35.5 Å². The molecule has 1 amide bonds. The highest BCUT2D eigenvalue weighted by Gasteiger charge is 2.17. The molecule has 0 aliphatic rings. The van der Waals surface area contributed by atoms with Gasteiger partial charge in [0.25, 0.3) is 0 Å². The standard InChI is InChI=1S/C14H20N4OS2.ClH/c1-8(5-15)18(4)11(19)6-20-13-12-9(2)10(3)21-14(12)17-7-16-13;/h7-8H,5-6,15H2,1-4H3;1H. The normalized spacial score (nSPS) is 12.0. The number of amides is 1. The summed E-state index contributed by atoms with van der Waals surface area (Å²) in [5, 5.41) is 1.95. The van der Waals surface area contributed by atoms with Crippen LogP contribution in [-0.4, -0.2) is 46.2 Å².